The highest BCUT2D eigenvalue weighted by Crippen LogP contribution is 2.23. The number of imidazole rings is 1. The highest BCUT2D eigenvalue weighted by molar-refractivity contribution is 5.98. The minimum Gasteiger partial charge on any atom is -0.508 e. The number of aliphatic imine (C=N–C) groups is 1. The molecule has 60 heavy (non-hydrogen) atoms. The zero-order valence-corrected chi connectivity index (χ0v) is 34.5. The van der Waals surface area contributed by atoms with E-state index in [1.54, 1.807) is 6.92 Å². The number of amides is 5. The Balaban J connectivity index is 2.44. The number of carbonyl (C=O) groups excluding carboxylic acids is 8. The maximum atomic E-state index is 14.2. The summed E-state index contributed by atoms with van der Waals surface area (Å²) in [6.45, 7) is 6.21. The van der Waals surface area contributed by atoms with Gasteiger partial charge >= 0.3 is 0 Å². The Kier molecular flexibility index (Phi) is 20.5. The fourth-order valence-corrected chi connectivity index (χ4v) is 6.49. The fraction of sp³-hybridized carbons (Fsp3) is 0.550. The van der Waals surface area contributed by atoms with Crippen molar-refractivity contribution in [1.29, 1.82) is 0 Å². The van der Waals surface area contributed by atoms with Gasteiger partial charge in [0.1, 0.15) is 17.6 Å². The molecule has 1 aromatic carbocycles. The number of aliphatic hydroxyl groups is 1. The second-order valence-electron chi connectivity index (χ2n) is 15.1. The first-order valence-electron chi connectivity index (χ1n) is 19.7. The number of benzene rings is 1. The van der Waals surface area contributed by atoms with Crippen molar-refractivity contribution in [3.8, 4) is 5.75 Å². The Labute approximate surface area is 348 Å². The second-order valence-corrected chi connectivity index (χ2v) is 15.1. The minimum atomic E-state index is -1.43. The molecule has 0 fully saturated rings. The van der Waals surface area contributed by atoms with Crippen molar-refractivity contribution in [3.63, 3.8) is 0 Å². The number of carbonyl (C=O) groups is 8. The van der Waals surface area contributed by atoms with E-state index in [9.17, 15) is 48.6 Å². The van der Waals surface area contributed by atoms with Crippen LogP contribution in [0.15, 0.2) is 41.8 Å². The lowest BCUT2D eigenvalue weighted by atomic mass is 9.84. The molecule has 5 amide bonds. The number of phenolic OH excluding ortho intramolecular Hbond substituents is 1. The molecule has 330 valence electrons. The highest BCUT2D eigenvalue weighted by atomic mass is 16.3. The largest absolute Gasteiger partial charge is 0.508 e. The molecule has 14 N–H and O–H groups in total. The van der Waals surface area contributed by atoms with Crippen LogP contribution in [-0.4, -0.2) is 104 Å². The predicted octanol–water partition coefficient (Wildman–Crippen LogP) is -1.06. The van der Waals surface area contributed by atoms with Gasteiger partial charge in [-0.1, -0.05) is 32.4 Å². The third kappa shape index (κ3) is 17.4. The number of rotatable bonds is 28. The Hall–Kier alpha value is -6.18. The number of aromatic hydroxyl groups is 1. The van der Waals surface area contributed by atoms with E-state index >= 15 is 0 Å². The number of hydrogen-bond donors (Lipinski definition) is 10. The summed E-state index contributed by atoms with van der Waals surface area (Å²) in [7, 11) is 0. The van der Waals surface area contributed by atoms with E-state index in [0.29, 0.717) is 17.7 Å². The molecule has 0 saturated heterocycles. The summed E-state index contributed by atoms with van der Waals surface area (Å²) >= 11 is 0. The number of nitrogens with two attached hydrogens (primary N) is 4. The van der Waals surface area contributed by atoms with Crippen LogP contribution in [0.3, 0.4) is 0 Å². The molecule has 0 spiro atoms. The maximum absolute atomic E-state index is 14.2. The average Bonchev–Trinajstić information content (AvgIpc) is 3.69. The van der Waals surface area contributed by atoms with Crippen LogP contribution >= 0.6 is 0 Å². The third-order valence-electron chi connectivity index (χ3n) is 10.2. The van der Waals surface area contributed by atoms with Crippen LogP contribution in [0.4, 0.5) is 0 Å². The molecule has 20 nitrogen and oxygen atoms in total. The summed E-state index contributed by atoms with van der Waals surface area (Å²) in [5.74, 6) is -9.99. The van der Waals surface area contributed by atoms with Gasteiger partial charge in [0, 0.05) is 56.5 Å². The molecule has 0 unspecified atom stereocenters. The Bertz CT molecular complexity index is 1810. The highest BCUT2D eigenvalue weighted by Gasteiger charge is 2.36. The van der Waals surface area contributed by atoms with Crippen LogP contribution in [0.25, 0.3) is 0 Å². The summed E-state index contributed by atoms with van der Waals surface area (Å²) in [6, 6.07) is 2.09. The van der Waals surface area contributed by atoms with Crippen molar-refractivity contribution in [2.75, 3.05) is 6.54 Å². The quantitative estimate of drug-likeness (QED) is 0.0278. The first kappa shape index (κ1) is 50.0. The third-order valence-corrected chi connectivity index (χ3v) is 10.2. The number of nitrogens with zero attached hydrogens (tertiary/aromatic N) is 2. The number of aliphatic hydroxyl groups excluding tert-OH is 1. The molecule has 2 aromatic rings. The number of H-pyrrole nitrogens is 1. The number of ketones is 3. The number of aromatic amines is 1. The van der Waals surface area contributed by atoms with Crippen LogP contribution in [0.2, 0.25) is 0 Å². The van der Waals surface area contributed by atoms with Crippen molar-refractivity contribution in [2.45, 2.75) is 110 Å². The molecule has 1 heterocycles. The predicted molar refractivity (Wildman–Crippen MR) is 219 cm³/mol. The second kappa shape index (κ2) is 24.7. The standard InChI is InChI=1S/C40H60N10O10/c1-5-21(2)28(38(59)50-32(36(42)57)17-26-19-45-20-47-26)18-34(55)31(14-24-8-10-27(53)11-9-24)49-37(58)25(16-35(41)56)15-33(54)30(7-6-12-46-40(43)44)48-39(60)29(23(4)52)13-22(3)51/h8-11,19-21,23,25,28-32,52-53H,5-7,12-18H2,1-4H3,(H2,41,56)(H2,42,57)(H,45,47)(H,48,60)(H,49,58)(H,50,59)(H4,43,44,46)/t21-,23+,25-,28-,29-,30-,31-,32-/m0/s1. The minimum absolute atomic E-state index is 0.0160. The Morgan fingerprint density at radius 1 is 0.783 bits per heavy atom. The average molecular weight is 841 g/mol. The summed E-state index contributed by atoms with van der Waals surface area (Å²) < 4.78 is 0. The van der Waals surface area contributed by atoms with Crippen LogP contribution in [0.5, 0.6) is 5.75 Å². The van der Waals surface area contributed by atoms with Crippen LogP contribution in [0.1, 0.15) is 83.9 Å². The van der Waals surface area contributed by atoms with Gasteiger partial charge in [0.2, 0.25) is 29.5 Å². The summed E-state index contributed by atoms with van der Waals surface area (Å²) in [5.41, 5.74) is 23.0. The molecule has 0 radical (unpaired) electrons. The zero-order chi connectivity index (χ0) is 45.1. The molecule has 0 aliphatic carbocycles. The van der Waals surface area contributed by atoms with Crippen molar-refractivity contribution in [2.24, 2.45) is 51.6 Å². The lowest BCUT2D eigenvalue weighted by Crippen LogP contribution is -2.51. The van der Waals surface area contributed by atoms with Gasteiger partial charge < -0.3 is 58.9 Å². The number of guanidine groups is 1. The lowest BCUT2D eigenvalue weighted by Gasteiger charge is -2.27. The van der Waals surface area contributed by atoms with Crippen molar-refractivity contribution in [1.82, 2.24) is 25.9 Å². The number of Topliss-reactive ketones (excluding diaryl/α,β-unsaturated/α-hetero) is 3. The number of hydrogen-bond acceptors (Lipinski definition) is 12. The molecular formula is C40H60N10O10. The maximum Gasteiger partial charge on any atom is 0.240 e. The lowest BCUT2D eigenvalue weighted by molar-refractivity contribution is -0.137. The molecule has 1 aromatic heterocycles. The number of phenols is 1. The zero-order valence-electron chi connectivity index (χ0n) is 34.5. The van der Waals surface area contributed by atoms with Gasteiger partial charge in [0.05, 0.1) is 36.4 Å². The van der Waals surface area contributed by atoms with Gasteiger partial charge in [-0.25, -0.2) is 4.98 Å². The van der Waals surface area contributed by atoms with E-state index in [1.807, 2.05) is 6.92 Å². The van der Waals surface area contributed by atoms with Gasteiger partial charge in [0.15, 0.2) is 17.5 Å². The van der Waals surface area contributed by atoms with Gasteiger partial charge in [-0.2, -0.15) is 0 Å². The summed E-state index contributed by atoms with van der Waals surface area (Å²) in [6.07, 6.45) is 0.177. The smallest absolute Gasteiger partial charge is 0.240 e. The van der Waals surface area contributed by atoms with Gasteiger partial charge in [0.25, 0.3) is 0 Å². The number of nitrogens with one attached hydrogen (secondary N) is 4. The van der Waals surface area contributed by atoms with Crippen LogP contribution in [0, 0.1) is 23.7 Å². The van der Waals surface area contributed by atoms with Gasteiger partial charge in [-0.15, -0.1) is 0 Å². The van der Waals surface area contributed by atoms with E-state index in [4.69, 9.17) is 22.9 Å². The molecule has 0 aliphatic rings. The molecular weight excluding hydrogens is 780 g/mol. The van der Waals surface area contributed by atoms with Gasteiger partial charge in [-0.3, -0.25) is 38.6 Å². The van der Waals surface area contributed by atoms with Crippen LogP contribution in [-0.2, 0) is 51.2 Å². The van der Waals surface area contributed by atoms with E-state index in [2.05, 4.69) is 30.9 Å². The van der Waals surface area contributed by atoms with Crippen molar-refractivity contribution < 1.29 is 48.6 Å². The normalized spacial score (nSPS) is 15.1. The first-order chi connectivity index (χ1) is 28.2. The monoisotopic (exact) mass is 840 g/mol. The molecule has 2 rings (SSSR count). The van der Waals surface area contributed by atoms with E-state index in [-0.39, 0.29) is 62.1 Å². The molecule has 0 bridgehead atoms. The SMILES string of the molecule is CC[C@H](C)[C@H](CC(=O)[C@H](Cc1ccc(O)cc1)NC(=O)[C@H](CC(N)=O)CC(=O)[C@H](CCCN=C(N)N)NC(=O)[C@@H](CC(C)=O)[C@@H](C)O)C(=O)N[C@@H](Cc1cnc[nH]1)C(N)=O. The topological polar surface area (TPSA) is 358 Å². The molecule has 8 atom stereocenters. The first-order valence-corrected chi connectivity index (χ1v) is 19.7. The van der Waals surface area contributed by atoms with E-state index < -0.39 is 102 Å². The number of primary amides is 2. The van der Waals surface area contributed by atoms with E-state index in [1.165, 1.54) is 50.6 Å². The van der Waals surface area contributed by atoms with Crippen molar-refractivity contribution in [3.05, 3.63) is 48.0 Å². The van der Waals surface area contributed by atoms with Crippen molar-refractivity contribution >= 4 is 52.8 Å². The van der Waals surface area contributed by atoms with E-state index in [0.717, 1.165) is 0 Å². The Morgan fingerprint density at radius 2 is 1.38 bits per heavy atom. The van der Waals surface area contributed by atoms with Gasteiger partial charge in [-0.05, 0) is 56.7 Å². The molecule has 20 heteroatoms. The Morgan fingerprint density at radius 3 is 1.92 bits per heavy atom. The van der Waals surface area contributed by atoms with Crippen LogP contribution < -0.4 is 38.9 Å². The fourth-order valence-electron chi connectivity index (χ4n) is 6.49. The summed E-state index contributed by atoms with van der Waals surface area (Å²) in [5, 5.41) is 27.9. The molecule has 0 aliphatic heterocycles. The molecule has 0 saturated carbocycles. The number of aromatic nitrogens is 2. The summed E-state index contributed by atoms with van der Waals surface area (Å²) in [4.78, 5) is 116.